The number of carbonyl (C=O) groups excluding carboxylic acids is 1. The van der Waals surface area contributed by atoms with Crippen LogP contribution in [0.5, 0.6) is 0 Å². The smallest absolute Gasteiger partial charge is 0.307 e. The molecule has 2 unspecified atom stereocenters. The van der Waals surface area contributed by atoms with Crippen LogP contribution in [0.4, 0.5) is 0 Å². The van der Waals surface area contributed by atoms with Gasteiger partial charge in [0.25, 0.3) is 0 Å². The minimum absolute atomic E-state index is 0.261. The molecule has 0 heterocycles. The third kappa shape index (κ3) is 9.01. The number of aliphatic carboxylic acids is 2. The molecular formula is C12H22NO6+. The van der Waals surface area contributed by atoms with Crippen molar-refractivity contribution in [1.29, 1.82) is 0 Å². The largest absolute Gasteiger partial charge is 0.481 e. The normalized spacial score (nSPS) is 14.5. The van der Waals surface area contributed by atoms with E-state index in [0.29, 0.717) is 11.0 Å². The van der Waals surface area contributed by atoms with E-state index in [1.807, 2.05) is 21.1 Å². The first-order chi connectivity index (χ1) is 8.51. The van der Waals surface area contributed by atoms with Crippen molar-refractivity contribution in [2.24, 2.45) is 5.92 Å². The Bertz CT molecular complexity index is 347. The van der Waals surface area contributed by atoms with Gasteiger partial charge >= 0.3 is 17.9 Å². The molecule has 0 aliphatic heterocycles. The Morgan fingerprint density at radius 1 is 1.11 bits per heavy atom. The van der Waals surface area contributed by atoms with Gasteiger partial charge in [0.1, 0.15) is 6.54 Å². The van der Waals surface area contributed by atoms with Crippen LogP contribution in [-0.4, -0.2) is 66.4 Å². The van der Waals surface area contributed by atoms with Crippen LogP contribution >= 0.6 is 0 Å². The zero-order chi connectivity index (χ0) is 15.2. The molecule has 0 saturated heterocycles. The summed E-state index contributed by atoms with van der Waals surface area (Å²) >= 11 is 0. The first-order valence-electron chi connectivity index (χ1n) is 5.96. The van der Waals surface area contributed by atoms with Gasteiger partial charge in [-0.05, 0) is 0 Å². The fourth-order valence-electron chi connectivity index (χ4n) is 1.52. The highest BCUT2D eigenvalue weighted by atomic mass is 16.5. The van der Waals surface area contributed by atoms with E-state index in [1.165, 1.54) is 6.92 Å². The topological polar surface area (TPSA) is 101 Å². The van der Waals surface area contributed by atoms with Gasteiger partial charge in [-0.25, -0.2) is 0 Å². The summed E-state index contributed by atoms with van der Waals surface area (Å²) in [6, 6.07) is 0. The highest BCUT2D eigenvalue weighted by Gasteiger charge is 2.26. The SMILES string of the molecule is CC(CC(=O)OC(CC(=O)O)C[N+](C)(C)C)C(=O)O. The maximum Gasteiger partial charge on any atom is 0.307 e. The van der Waals surface area contributed by atoms with Gasteiger partial charge in [-0.2, -0.15) is 0 Å². The van der Waals surface area contributed by atoms with E-state index in [4.69, 9.17) is 14.9 Å². The number of rotatable bonds is 8. The van der Waals surface area contributed by atoms with E-state index in [0.717, 1.165) is 0 Å². The van der Waals surface area contributed by atoms with Gasteiger partial charge in [0.2, 0.25) is 0 Å². The Morgan fingerprint density at radius 3 is 2.00 bits per heavy atom. The number of likely N-dealkylation sites (N-methyl/N-ethyl adjacent to an activating group) is 1. The molecule has 110 valence electrons. The van der Waals surface area contributed by atoms with Crippen molar-refractivity contribution in [3.8, 4) is 0 Å². The molecule has 0 bridgehead atoms. The van der Waals surface area contributed by atoms with Crippen LogP contribution in [-0.2, 0) is 19.1 Å². The first-order valence-corrected chi connectivity index (χ1v) is 5.96. The number of carbonyl (C=O) groups is 3. The van der Waals surface area contributed by atoms with Crippen molar-refractivity contribution in [3.05, 3.63) is 0 Å². The van der Waals surface area contributed by atoms with E-state index < -0.39 is 29.9 Å². The van der Waals surface area contributed by atoms with Crippen molar-refractivity contribution in [2.45, 2.75) is 25.9 Å². The van der Waals surface area contributed by atoms with E-state index in [-0.39, 0.29) is 12.8 Å². The molecule has 0 fully saturated rings. The molecule has 0 spiro atoms. The number of hydrogen-bond acceptors (Lipinski definition) is 4. The molecule has 0 rings (SSSR count). The lowest BCUT2D eigenvalue weighted by Crippen LogP contribution is -2.44. The van der Waals surface area contributed by atoms with Crippen molar-refractivity contribution >= 4 is 17.9 Å². The van der Waals surface area contributed by atoms with E-state index in [2.05, 4.69) is 0 Å². The molecule has 0 radical (unpaired) electrons. The van der Waals surface area contributed by atoms with Gasteiger partial charge in [0, 0.05) is 0 Å². The summed E-state index contributed by atoms with van der Waals surface area (Å²) in [6.07, 6.45) is -1.31. The maximum atomic E-state index is 11.6. The van der Waals surface area contributed by atoms with Gasteiger partial charge in [-0.15, -0.1) is 0 Å². The van der Waals surface area contributed by atoms with Crippen LogP contribution < -0.4 is 0 Å². The lowest BCUT2D eigenvalue weighted by molar-refractivity contribution is -0.873. The molecule has 2 N–H and O–H groups in total. The summed E-state index contributed by atoms with van der Waals surface area (Å²) in [5.74, 6) is -3.67. The molecule has 2 atom stereocenters. The van der Waals surface area contributed by atoms with Gasteiger partial charge < -0.3 is 19.4 Å². The van der Waals surface area contributed by atoms with Gasteiger partial charge in [-0.3, -0.25) is 14.4 Å². The van der Waals surface area contributed by atoms with Crippen LogP contribution in [0, 0.1) is 5.92 Å². The van der Waals surface area contributed by atoms with Gasteiger partial charge in [-0.1, -0.05) is 6.92 Å². The standard InChI is InChI=1S/C12H21NO6/c1-8(12(17)18)5-11(16)19-9(6-10(14)15)7-13(2,3)4/h8-9H,5-7H2,1-4H3,(H-,14,15,17,18)/p+1. The molecule has 0 aromatic carbocycles. The lowest BCUT2D eigenvalue weighted by atomic mass is 10.1. The number of carboxylic acid groups (broad SMARTS) is 2. The van der Waals surface area contributed by atoms with E-state index >= 15 is 0 Å². The average molecular weight is 276 g/mol. The zero-order valence-electron chi connectivity index (χ0n) is 11.8. The van der Waals surface area contributed by atoms with Crippen LogP contribution in [0.25, 0.3) is 0 Å². The molecule has 19 heavy (non-hydrogen) atoms. The fraction of sp³-hybridized carbons (Fsp3) is 0.750. The number of esters is 1. The number of hydrogen-bond donors (Lipinski definition) is 2. The first kappa shape index (κ1) is 17.4. The summed E-state index contributed by atoms with van der Waals surface area (Å²) in [5, 5.41) is 17.5. The monoisotopic (exact) mass is 276 g/mol. The minimum atomic E-state index is -1.08. The minimum Gasteiger partial charge on any atom is -0.481 e. The Labute approximate surface area is 112 Å². The van der Waals surface area contributed by atoms with Crippen molar-refractivity contribution in [1.82, 2.24) is 0 Å². The number of carboxylic acids is 2. The molecular weight excluding hydrogens is 254 g/mol. The molecule has 0 aromatic heterocycles. The predicted octanol–water partition coefficient (Wildman–Crippen LogP) is 0.190. The third-order valence-corrected chi connectivity index (χ3v) is 2.35. The second-order valence-corrected chi connectivity index (χ2v) is 5.63. The quantitative estimate of drug-likeness (QED) is 0.485. The molecule has 0 aliphatic rings. The number of nitrogens with zero attached hydrogens (tertiary/aromatic N) is 1. The number of ether oxygens (including phenoxy) is 1. The third-order valence-electron chi connectivity index (χ3n) is 2.35. The maximum absolute atomic E-state index is 11.6. The average Bonchev–Trinajstić information content (AvgIpc) is 2.12. The Hall–Kier alpha value is -1.63. The second-order valence-electron chi connectivity index (χ2n) is 5.63. The molecule has 0 saturated carbocycles. The van der Waals surface area contributed by atoms with Crippen LogP contribution in [0.1, 0.15) is 19.8 Å². The Balaban J connectivity index is 4.50. The van der Waals surface area contributed by atoms with Crippen LogP contribution in [0.3, 0.4) is 0 Å². The Morgan fingerprint density at radius 2 is 1.63 bits per heavy atom. The lowest BCUT2D eigenvalue weighted by Gasteiger charge is -2.28. The molecule has 0 amide bonds. The molecule has 7 nitrogen and oxygen atoms in total. The van der Waals surface area contributed by atoms with E-state index in [9.17, 15) is 14.4 Å². The Kier molecular flexibility index (Phi) is 6.47. The molecule has 0 aliphatic carbocycles. The van der Waals surface area contributed by atoms with Gasteiger partial charge in [0.05, 0.1) is 39.9 Å². The summed E-state index contributed by atoms with van der Waals surface area (Å²) in [6.45, 7) is 1.75. The summed E-state index contributed by atoms with van der Waals surface area (Å²) in [7, 11) is 5.55. The van der Waals surface area contributed by atoms with Crippen molar-refractivity contribution < 1.29 is 33.8 Å². The second kappa shape index (κ2) is 7.08. The number of quaternary nitrogens is 1. The summed E-state index contributed by atoms with van der Waals surface area (Å²) in [4.78, 5) is 32.9. The highest BCUT2D eigenvalue weighted by Crippen LogP contribution is 2.09. The zero-order valence-corrected chi connectivity index (χ0v) is 11.8. The highest BCUT2D eigenvalue weighted by molar-refractivity contribution is 5.78. The predicted molar refractivity (Wildman–Crippen MR) is 66.4 cm³/mol. The molecule has 7 heteroatoms. The van der Waals surface area contributed by atoms with Crippen LogP contribution in [0.15, 0.2) is 0 Å². The van der Waals surface area contributed by atoms with Gasteiger partial charge in [0.15, 0.2) is 6.10 Å². The summed E-state index contributed by atoms with van der Waals surface area (Å²) in [5.41, 5.74) is 0. The van der Waals surface area contributed by atoms with Crippen molar-refractivity contribution in [3.63, 3.8) is 0 Å². The fourth-order valence-corrected chi connectivity index (χ4v) is 1.52. The van der Waals surface area contributed by atoms with Crippen molar-refractivity contribution in [2.75, 3.05) is 27.7 Å². The van der Waals surface area contributed by atoms with E-state index in [1.54, 1.807) is 0 Å². The summed E-state index contributed by atoms with van der Waals surface area (Å²) < 4.78 is 5.50. The van der Waals surface area contributed by atoms with Crippen LogP contribution in [0.2, 0.25) is 0 Å². The molecule has 0 aromatic rings.